The molecule has 2 heterocycles. The second-order valence-corrected chi connectivity index (χ2v) is 4.65. The zero-order chi connectivity index (χ0) is 10.7. The van der Waals surface area contributed by atoms with Gasteiger partial charge in [0, 0.05) is 26.2 Å². The van der Waals surface area contributed by atoms with Gasteiger partial charge in [0.2, 0.25) is 0 Å². The molecule has 0 aliphatic carbocycles. The molecule has 2 aliphatic rings. The van der Waals surface area contributed by atoms with Crippen LogP contribution in [-0.2, 0) is 9.53 Å². The molecular formula is C11H19NO3. The van der Waals surface area contributed by atoms with Gasteiger partial charge in [-0.15, -0.1) is 0 Å². The third-order valence-corrected chi connectivity index (χ3v) is 3.29. The molecule has 2 fully saturated rings. The maximum absolute atomic E-state index is 10.4. The van der Waals surface area contributed by atoms with Crippen LogP contribution in [0.5, 0.6) is 0 Å². The summed E-state index contributed by atoms with van der Waals surface area (Å²) in [5, 5.41) is 8.60. The van der Waals surface area contributed by atoms with Crippen molar-refractivity contribution in [3.05, 3.63) is 0 Å². The largest absolute Gasteiger partial charge is 0.481 e. The number of carboxylic acids is 1. The van der Waals surface area contributed by atoms with Crippen molar-refractivity contribution in [1.82, 2.24) is 4.90 Å². The number of hydrogen-bond acceptors (Lipinski definition) is 3. The predicted octanol–water partition coefficient (Wildman–Crippen LogP) is 0.962. The summed E-state index contributed by atoms with van der Waals surface area (Å²) in [6, 6.07) is 0. The number of hydrogen-bond donors (Lipinski definition) is 1. The molecule has 4 nitrogen and oxygen atoms in total. The van der Waals surface area contributed by atoms with Gasteiger partial charge in [-0.2, -0.15) is 0 Å². The van der Waals surface area contributed by atoms with Crippen molar-refractivity contribution in [1.29, 1.82) is 0 Å². The topological polar surface area (TPSA) is 49.8 Å². The Morgan fingerprint density at radius 1 is 1.47 bits per heavy atom. The molecule has 0 aromatic heterocycles. The van der Waals surface area contributed by atoms with Crippen molar-refractivity contribution >= 4 is 5.97 Å². The van der Waals surface area contributed by atoms with Crippen molar-refractivity contribution in [2.24, 2.45) is 5.92 Å². The fourth-order valence-electron chi connectivity index (χ4n) is 2.43. The molecule has 0 aromatic rings. The molecule has 15 heavy (non-hydrogen) atoms. The molecule has 2 saturated heterocycles. The van der Waals surface area contributed by atoms with E-state index in [-0.39, 0.29) is 0 Å². The predicted molar refractivity (Wildman–Crippen MR) is 55.8 cm³/mol. The third kappa shape index (κ3) is 3.18. The van der Waals surface area contributed by atoms with Gasteiger partial charge in [0.15, 0.2) is 0 Å². The molecule has 0 amide bonds. The number of aliphatic carboxylic acids is 1. The molecule has 1 N–H and O–H groups in total. The SMILES string of the molecule is O=C(O)CC1CN(CCC2CCCO2)C1. The quantitative estimate of drug-likeness (QED) is 0.739. The number of rotatable bonds is 5. The van der Waals surface area contributed by atoms with Gasteiger partial charge < -0.3 is 14.7 Å². The molecule has 0 bridgehead atoms. The molecular weight excluding hydrogens is 194 g/mol. The van der Waals surface area contributed by atoms with Gasteiger partial charge in [-0.1, -0.05) is 0 Å². The minimum absolute atomic E-state index is 0.330. The molecule has 1 atom stereocenters. The maximum Gasteiger partial charge on any atom is 0.303 e. The summed E-state index contributed by atoms with van der Waals surface area (Å²) >= 11 is 0. The van der Waals surface area contributed by atoms with E-state index in [0.29, 0.717) is 18.4 Å². The van der Waals surface area contributed by atoms with Crippen molar-refractivity contribution in [3.63, 3.8) is 0 Å². The van der Waals surface area contributed by atoms with E-state index >= 15 is 0 Å². The van der Waals surface area contributed by atoms with Crippen LogP contribution in [0.2, 0.25) is 0 Å². The van der Waals surface area contributed by atoms with E-state index in [2.05, 4.69) is 4.90 Å². The Morgan fingerprint density at radius 3 is 2.87 bits per heavy atom. The van der Waals surface area contributed by atoms with Crippen LogP contribution in [0.4, 0.5) is 0 Å². The van der Waals surface area contributed by atoms with Gasteiger partial charge in [-0.3, -0.25) is 4.79 Å². The van der Waals surface area contributed by atoms with Crippen molar-refractivity contribution in [2.45, 2.75) is 31.8 Å². The zero-order valence-corrected chi connectivity index (χ0v) is 9.02. The highest BCUT2D eigenvalue weighted by Crippen LogP contribution is 2.21. The van der Waals surface area contributed by atoms with Gasteiger partial charge in [-0.05, 0) is 25.2 Å². The molecule has 0 radical (unpaired) electrons. The highest BCUT2D eigenvalue weighted by atomic mass is 16.5. The molecule has 0 saturated carbocycles. The summed E-state index contributed by atoms with van der Waals surface area (Å²) in [6.45, 7) is 3.91. The summed E-state index contributed by atoms with van der Waals surface area (Å²) in [6.07, 6.45) is 4.30. The van der Waals surface area contributed by atoms with Gasteiger partial charge in [-0.25, -0.2) is 0 Å². The van der Waals surface area contributed by atoms with E-state index in [0.717, 1.165) is 32.7 Å². The second-order valence-electron chi connectivity index (χ2n) is 4.65. The lowest BCUT2D eigenvalue weighted by Crippen LogP contribution is -2.48. The Labute approximate surface area is 90.2 Å². The first kappa shape index (κ1) is 10.9. The monoisotopic (exact) mass is 213 g/mol. The van der Waals surface area contributed by atoms with Crippen molar-refractivity contribution in [2.75, 3.05) is 26.2 Å². The number of carboxylic acid groups (broad SMARTS) is 1. The summed E-state index contributed by atoms with van der Waals surface area (Å²) in [4.78, 5) is 12.8. The first-order valence-corrected chi connectivity index (χ1v) is 5.80. The van der Waals surface area contributed by atoms with Crippen LogP contribution in [0, 0.1) is 5.92 Å². The van der Waals surface area contributed by atoms with E-state index in [1.54, 1.807) is 0 Å². The Kier molecular flexibility index (Phi) is 3.59. The minimum atomic E-state index is -0.668. The van der Waals surface area contributed by atoms with Crippen LogP contribution in [0.1, 0.15) is 25.7 Å². The smallest absolute Gasteiger partial charge is 0.303 e. The molecule has 1 unspecified atom stereocenters. The normalized spacial score (nSPS) is 27.9. The summed E-state index contributed by atoms with van der Waals surface area (Å²) in [5.41, 5.74) is 0. The van der Waals surface area contributed by atoms with Crippen LogP contribution in [0.25, 0.3) is 0 Å². The third-order valence-electron chi connectivity index (χ3n) is 3.29. The van der Waals surface area contributed by atoms with Crippen LogP contribution in [0.3, 0.4) is 0 Å². The Balaban J connectivity index is 1.53. The van der Waals surface area contributed by atoms with Crippen LogP contribution >= 0.6 is 0 Å². The number of nitrogens with zero attached hydrogens (tertiary/aromatic N) is 1. The van der Waals surface area contributed by atoms with Gasteiger partial charge in [0.1, 0.15) is 0 Å². The van der Waals surface area contributed by atoms with E-state index in [4.69, 9.17) is 9.84 Å². The van der Waals surface area contributed by atoms with E-state index in [9.17, 15) is 4.79 Å². The van der Waals surface area contributed by atoms with E-state index in [1.165, 1.54) is 12.8 Å². The highest BCUT2D eigenvalue weighted by Gasteiger charge is 2.28. The van der Waals surface area contributed by atoms with Gasteiger partial charge >= 0.3 is 5.97 Å². The molecule has 2 rings (SSSR count). The molecule has 86 valence electrons. The Hall–Kier alpha value is -0.610. The average molecular weight is 213 g/mol. The lowest BCUT2D eigenvalue weighted by atomic mass is 9.96. The molecule has 0 spiro atoms. The van der Waals surface area contributed by atoms with Gasteiger partial charge in [0.05, 0.1) is 12.5 Å². The second kappa shape index (κ2) is 4.94. The number of carbonyl (C=O) groups is 1. The first-order valence-electron chi connectivity index (χ1n) is 5.80. The Morgan fingerprint density at radius 2 is 2.27 bits per heavy atom. The summed E-state index contributed by atoms with van der Waals surface area (Å²) in [5.74, 6) is -0.286. The van der Waals surface area contributed by atoms with Crippen molar-refractivity contribution in [3.8, 4) is 0 Å². The molecule has 0 aromatic carbocycles. The number of ether oxygens (including phenoxy) is 1. The summed E-state index contributed by atoms with van der Waals surface area (Å²) in [7, 11) is 0. The van der Waals surface area contributed by atoms with Gasteiger partial charge in [0.25, 0.3) is 0 Å². The number of likely N-dealkylation sites (tertiary alicyclic amines) is 1. The van der Waals surface area contributed by atoms with Crippen LogP contribution in [-0.4, -0.2) is 48.3 Å². The standard InChI is InChI=1S/C11H19NO3/c13-11(14)6-9-7-12(8-9)4-3-10-2-1-5-15-10/h9-10H,1-8H2,(H,13,14). The van der Waals surface area contributed by atoms with E-state index < -0.39 is 5.97 Å². The maximum atomic E-state index is 10.4. The zero-order valence-electron chi connectivity index (χ0n) is 9.02. The lowest BCUT2D eigenvalue weighted by molar-refractivity contribution is -0.139. The summed E-state index contributed by atoms with van der Waals surface area (Å²) < 4.78 is 5.54. The Bertz CT molecular complexity index is 220. The fraction of sp³-hybridized carbons (Fsp3) is 0.909. The minimum Gasteiger partial charge on any atom is -0.481 e. The van der Waals surface area contributed by atoms with E-state index in [1.807, 2.05) is 0 Å². The molecule has 2 aliphatic heterocycles. The lowest BCUT2D eigenvalue weighted by Gasteiger charge is -2.39. The van der Waals surface area contributed by atoms with Crippen LogP contribution in [0.15, 0.2) is 0 Å². The van der Waals surface area contributed by atoms with Crippen LogP contribution < -0.4 is 0 Å². The van der Waals surface area contributed by atoms with Crippen molar-refractivity contribution < 1.29 is 14.6 Å². The molecule has 4 heteroatoms. The first-order chi connectivity index (χ1) is 7.24. The fourth-order valence-corrected chi connectivity index (χ4v) is 2.43. The average Bonchev–Trinajstić information content (AvgIpc) is 2.60. The highest BCUT2D eigenvalue weighted by molar-refractivity contribution is 5.67.